The smallest absolute Gasteiger partial charge is 0.303 e. The Labute approximate surface area is 441 Å². The highest BCUT2D eigenvalue weighted by molar-refractivity contribution is 8.45. The highest BCUT2D eigenvalue weighted by atomic mass is 32.3. The Kier molecular flexibility index (Phi) is 44.9. The lowest BCUT2D eigenvalue weighted by atomic mass is 10.1. The molecular formula is C54H96O4S8. The van der Waals surface area contributed by atoms with Gasteiger partial charge in [0.15, 0.2) is 0 Å². The Hall–Kier alpha value is 0.960. The fraction of sp³-hybridized carbons (Fsp3) is 0.852. The number of rotatable bonds is 50. The van der Waals surface area contributed by atoms with Crippen molar-refractivity contribution in [3.05, 3.63) is 25.4 Å². The number of unbranched alkanes of at least 4 members (excludes halogenated alkanes) is 34. The number of thioether (sulfide) groups is 8. The van der Waals surface area contributed by atoms with Gasteiger partial charge in [0.1, 0.15) is 0 Å². The topological polar surface area (TPSA) is 74.6 Å². The summed E-state index contributed by atoms with van der Waals surface area (Å²) in [5.41, 5.74) is 0. The maximum Gasteiger partial charge on any atom is 0.303 e. The van der Waals surface area contributed by atoms with E-state index in [0.717, 1.165) is 25.7 Å². The summed E-state index contributed by atoms with van der Waals surface area (Å²) < 4.78 is 9.38. The first kappa shape index (κ1) is 63.1. The van der Waals surface area contributed by atoms with Crippen molar-refractivity contribution in [2.45, 2.75) is 271 Å². The molecule has 0 radical (unpaired) electrons. The Balaban J connectivity index is 1.90. The van der Waals surface area contributed by atoms with Crippen LogP contribution in [0.1, 0.15) is 271 Å². The van der Waals surface area contributed by atoms with E-state index in [4.69, 9.17) is 10.2 Å². The second-order valence-corrected chi connectivity index (χ2v) is 28.6. The van der Waals surface area contributed by atoms with E-state index in [1.54, 1.807) is 21.2 Å². The Morgan fingerprint density at radius 1 is 0.303 bits per heavy atom. The molecule has 0 bridgehead atoms. The minimum Gasteiger partial charge on any atom is -0.481 e. The van der Waals surface area contributed by atoms with Gasteiger partial charge in [-0.05, 0) is 61.5 Å². The van der Waals surface area contributed by atoms with Crippen LogP contribution in [-0.2, 0) is 9.59 Å². The Morgan fingerprint density at radius 2 is 0.485 bits per heavy atom. The predicted molar refractivity (Wildman–Crippen MR) is 313 cm³/mol. The minimum absolute atomic E-state index is 0.318. The van der Waals surface area contributed by atoms with Gasteiger partial charge in [-0.25, -0.2) is 0 Å². The number of carboxylic acids is 2. The van der Waals surface area contributed by atoms with Crippen LogP contribution >= 0.6 is 94.1 Å². The second kappa shape index (κ2) is 47.0. The van der Waals surface area contributed by atoms with Crippen molar-refractivity contribution >= 4 is 106 Å². The van der Waals surface area contributed by atoms with Crippen molar-refractivity contribution < 1.29 is 19.8 Å². The van der Waals surface area contributed by atoms with Gasteiger partial charge in [-0.2, -0.15) is 0 Å². The van der Waals surface area contributed by atoms with Crippen molar-refractivity contribution in [1.82, 2.24) is 0 Å². The summed E-state index contributed by atoms with van der Waals surface area (Å²) >= 11 is 16.9. The Morgan fingerprint density at radius 3 is 0.682 bits per heavy atom. The van der Waals surface area contributed by atoms with E-state index in [1.807, 2.05) is 0 Å². The van der Waals surface area contributed by atoms with Crippen LogP contribution in [0.3, 0.4) is 0 Å². The summed E-state index contributed by atoms with van der Waals surface area (Å²) in [5, 5.41) is 17.7. The molecular weight excluding hydrogens is 969 g/mol. The summed E-state index contributed by atoms with van der Waals surface area (Å²) in [6, 6.07) is 0. The summed E-state index contributed by atoms with van der Waals surface area (Å²) in [6.45, 7) is 4.62. The lowest BCUT2D eigenvalue weighted by molar-refractivity contribution is -0.138. The quantitative estimate of drug-likeness (QED) is 0.0570. The number of hydrogen-bond donors (Lipinski definition) is 2. The van der Waals surface area contributed by atoms with Gasteiger partial charge in [0.2, 0.25) is 0 Å². The molecule has 12 heteroatoms. The minimum atomic E-state index is -0.663. The van der Waals surface area contributed by atoms with Gasteiger partial charge in [-0.15, -0.1) is 47.0 Å². The summed E-state index contributed by atoms with van der Waals surface area (Å²) in [5.74, 6) is 3.60. The molecule has 0 aliphatic carbocycles. The van der Waals surface area contributed by atoms with Crippen molar-refractivity contribution in [3.8, 4) is 0 Å². The third-order valence-corrected chi connectivity index (χ3v) is 24.2. The largest absolute Gasteiger partial charge is 0.481 e. The molecule has 2 rings (SSSR count). The first-order chi connectivity index (χ1) is 32.4. The van der Waals surface area contributed by atoms with E-state index in [9.17, 15) is 9.59 Å². The molecule has 66 heavy (non-hydrogen) atoms. The first-order valence-corrected chi connectivity index (χ1v) is 34.5. The van der Waals surface area contributed by atoms with Gasteiger partial charge in [0.25, 0.3) is 0 Å². The first-order valence-electron chi connectivity index (χ1n) is 27.3. The van der Waals surface area contributed by atoms with Crippen LogP contribution in [0, 0.1) is 0 Å². The van der Waals surface area contributed by atoms with Gasteiger partial charge in [0.05, 0.1) is 25.4 Å². The van der Waals surface area contributed by atoms with Crippen LogP contribution in [0.5, 0.6) is 0 Å². The van der Waals surface area contributed by atoms with Crippen LogP contribution in [0.15, 0.2) is 25.4 Å². The third kappa shape index (κ3) is 36.8. The zero-order valence-corrected chi connectivity index (χ0v) is 48.6. The van der Waals surface area contributed by atoms with Crippen LogP contribution in [0.4, 0.5) is 0 Å². The molecule has 0 saturated carbocycles. The van der Waals surface area contributed by atoms with E-state index in [2.05, 4.69) is 108 Å². The molecule has 0 spiro atoms. The van der Waals surface area contributed by atoms with Crippen LogP contribution in [-0.4, -0.2) is 45.2 Å². The summed E-state index contributed by atoms with van der Waals surface area (Å²) in [4.78, 5) is 21.5. The molecule has 2 aliphatic rings. The van der Waals surface area contributed by atoms with E-state index < -0.39 is 11.9 Å². The van der Waals surface area contributed by atoms with Gasteiger partial charge in [-0.1, -0.05) is 266 Å². The van der Waals surface area contributed by atoms with E-state index in [0.29, 0.717) is 12.8 Å². The molecule has 0 atom stereocenters. The highest BCUT2D eigenvalue weighted by Crippen LogP contribution is 2.66. The SMILES string of the molecule is CCCCCCCCCCCCSC1=C(SCCCCCCCCCCCC)SC(=C2SC(SCCCCCCCCCCCC(=O)O)=C(SCCCCCCCCCCCC(=O)O)S2)S1. The molecule has 4 nitrogen and oxygen atoms in total. The zero-order chi connectivity index (χ0) is 47.4. The Bertz CT molecular complexity index is 1210. The number of aliphatic carboxylic acids is 2. The van der Waals surface area contributed by atoms with Crippen molar-refractivity contribution in [2.24, 2.45) is 0 Å². The van der Waals surface area contributed by atoms with E-state index in [-0.39, 0.29) is 0 Å². The van der Waals surface area contributed by atoms with Crippen LogP contribution in [0.2, 0.25) is 0 Å². The third-order valence-electron chi connectivity index (χ3n) is 12.2. The fourth-order valence-corrected chi connectivity index (χ4v) is 20.4. The zero-order valence-electron chi connectivity index (χ0n) is 42.1. The molecule has 2 N–H and O–H groups in total. The molecule has 0 aromatic carbocycles. The van der Waals surface area contributed by atoms with Gasteiger partial charge in [0, 0.05) is 12.8 Å². The average molecular weight is 1070 g/mol. The molecule has 0 saturated heterocycles. The monoisotopic (exact) mass is 1060 g/mol. The van der Waals surface area contributed by atoms with Crippen molar-refractivity contribution in [1.29, 1.82) is 0 Å². The van der Waals surface area contributed by atoms with Gasteiger partial charge in [-0.3, -0.25) is 9.59 Å². The summed E-state index contributed by atoms with van der Waals surface area (Å²) in [7, 11) is 0. The van der Waals surface area contributed by atoms with E-state index in [1.165, 1.54) is 246 Å². The summed E-state index contributed by atoms with van der Waals surface area (Å²) in [6.07, 6.45) is 50.2. The lowest BCUT2D eigenvalue weighted by Crippen LogP contribution is -1.93. The van der Waals surface area contributed by atoms with Crippen molar-refractivity contribution in [2.75, 3.05) is 23.0 Å². The molecule has 2 aliphatic heterocycles. The maximum atomic E-state index is 10.8. The molecule has 0 aromatic heterocycles. The normalized spacial score (nSPS) is 14.2. The second-order valence-electron chi connectivity index (χ2n) is 18.5. The number of carbonyl (C=O) groups is 2. The van der Waals surface area contributed by atoms with E-state index >= 15 is 0 Å². The van der Waals surface area contributed by atoms with Gasteiger partial charge >= 0.3 is 11.9 Å². The van der Waals surface area contributed by atoms with Gasteiger partial charge < -0.3 is 10.2 Å². The van der Waals surface area contributed by atoms with Crippen molar-refractivity contribution in [3.63, 3.8) is 0 Å². The average Bonchev–Trinajstić information content (AvgIpc) is 3.91. The standard InChI is InChI=1S/C54H96O4S8/c1-3-5-7-9-11-13-19-25-31-37-43-59-49-50(60-44-38-32-26-20-14-12-10-8-6-4-2)64-53(63-49)54-65-51(61-45-39-33-27-21-15-17-23-29-35-41-47(55)56)52(66-54)62-46-40-34-28-22-16-18-24-30-36-42-48(57)58/h3-46H2,1-2H3,(H,55,56)(H,57,58). The van der Waals surface area contributed by atoms with Crippen LogP contribution < -0.4 is 0 Å². The molecule has 0 amide bonds. The predicted octanol–water partition coefficient (Wildman–Crippen LogP) is 22.1. The fourth-order valence-electron chi connectivity index (χ4n) is 8.14. The molecule has 0 unspecified atom stereocenters. The molecule has 0 fully saturated rings. The molecule has 2 heterocycles. The maximum absolute atomic E-state index is 10.8. The molecule has 0 aromatic rings. The number of carboxylic acid groups (broad SMARTS) is 2. The number of hydrogen-bond acceptors (Lipinski definition) is 10. The molecule has 384 valence electrons. The lowest BCUT2D eigenvalue weighted by Gasteiger charge is -2.06. The highest BCUT2D eigenvalue weighted by Gasteiger charge is 2.31. The van der Waals surface area contributed by atoms with Crippen LogP contribution in [0.25, 0.3) is 0 Å².